The Morgan fingerprint density at radius 1 is 1.04 bits per heavy atom. The van der Waals surface area contributed by atoms with E-state index in [4.69, 9.17) is 19.0 Å². The van der Waals surface area contributed by atoms with Crippen LogP contribution in [0.25, 0.3) is 0 Å². The number of methoxy groups -OCH3 is 1. The number of rotatable bonds is 10. The highest BCUT2D eigenvalue weighted by atomic mass is 16.7. The van der Waals surface area contributed by atoms with Gasteiger partial charge in [-0.1, -0.05) is 36.9 Å². The van der Waals surface area contributed by atoms with E-state index in [9.17, 15) is 4.79 Å². The van der Waals surface area contributed by atoms with Crippen molar-refractivity contribution in [3.8, 4) is 17.2 Å². The Morgan fingerprint density at radius 3 is 2.69 bits per heavy atom. The van der Waals surface area contributed by atoms with Crippen LogP contribution in [0.2, 0.25) is 0 Å². The minimum atomic E-state index is -0.298. The number of ether oxygens (including phenoxy) is 3. The number of hydrogen-bond acceptors (Lipinski definition) is 10. The molecular formula is C34H34N6O5. The van der Waals surface area contributed by atoms with E-state index in [1.807, 2.05) is 71.8 Å². The highest BCUT2D eigenvalue weighted by molar-refractivity contribution is 6.02. The summed E-state index contributed by atoms with van der Waals surface area (Å²) < 4.78 is 17.7. The third-order valence-corrected chi connectivity index (χ3v) is 8.24. The fraction of sp³-hybridized carbons (Fsp3) is 0.265. The van der Waals surface area contributed by atoms with Crippen molar-refractivity contribution in [3.63, 3.8) is 0 Å². The van der Waals surface area contributed by atoms with Gasteiger partial charge in [-0.3, -0.25) is 9.63 Å². The summed E-state index contributed by atoms with van der Waals surface area (Å²) in [6, 6.07) is 23.5. The Morgan fingerprint density at radius 2 is 1.91 bits per heavy atom. The smallest absolute Gasteiger partial charge is 0.247 e. The third kappa shape index (κ3) is 6.00. The number of morpholine rings is 1. The molecule has 2 N–H and O–H groups in total. The number of benzene rings is 3. The number of anilines is 5. The molecule has 0 saturated carbocycles. The number of hydroxylamine groups is 1. The van der Waals surface area contributed by atoms with Crippen LogP contribution in [0, 0.1) is 0 Å². The van der Waals surface area contributed by atoms with Crippen LogP contribution in [0.5, 0.6) is 17.2 Å². The van der Waals surface area contributed by atoms with Gasteiger partial charge in [0.15, 0.2) is 5.82 Å². The van der Waals surface area contributed by atoms with Gasteiger partial charge in [0.05, 0.1) is 55.6 Å². The second kappa shape index (κ2) is 12.5. The number of fused-ring (bicyclic) bond motifs is 2. The van der Waals surface area contributed by atoms with Gasteiger partial charge in [-0.05, 0) is 48.4 Å². The van der Waals surface area contributed by atoms with Crippen molar-refractivity contribution in [1.82, 2.24) is 9.97 Å². The first kappa shape index (κ1) is 28.6. The largest absolute Gasteiger partial charge is 0.494 e. The van der Waals surface area contributed by atoms with Crippen molar-refractivity contribution >= 4 is 34.6 Å². The minimum absolute atomic E-state index is 0.0682. The second-order valence-electron chi connectivity index (χ2n) is 11.1. The van der Waals surface area contributed by atoms with Crippen molar-refractivity contribution < 1.29 is 23.8 Å². The summed E-state index contributed by atoms with van der Waals surface area (Å²) in [4.78, 5) is 29.7. The van der Waals surface area contributed by atoms with Crippen molar-refractivity contribution in [2.75, 3.05) is 47.5 Å². The van der Waals surface area contributed by atoms with Crippen molar-refractivity contribution in [3.05, 3.63) is 97.3 Å². The van der Waals surface area contributed by atoms with Gasteiger partial charge in [0.2, 0.25) is 5.91 Å². The van der Waals surface area contributed by atoms with Crippen molar-refractivity contribution in [2.45, 2.75) is 31.0 Å². The summed E-state index contributed by atoms with van der Waals surface area (Å²) >= 11 is 0. The number of carbonyl (C=O) groups excluding carboxylic acids is 1. The molecule has 11 heteroatoms. The Hall–Kier alpha value is -5.13. The molecule has 3 saturated heterocycles. The average Bonchev–Trinajstić information content (AvgIpc) is 3.84. The van der Waals surface area contributed by atoms with E-state index >= 15 is 0 Å². The fourth-order valence-corrected chi connectivity index (χ4v) is 6.13. The molecule has 1 unspecified atom stereocenters. The molecule has 3 aromatic carbocycles. The normalized spacial score (nSPS) is 20.2. The van der Waals surface area contributed by atoms with E-state index in [-0.39, 0.29) is 24.1 Å². The van der Waals surface area contributed by atoms with E-state index in [1.165, 1.54) is 12.4 Å². The molecule has 3 aliphatic heterocycles. The number of carbonyl (C=O) groups is 1. The van der Waals surface area contributed by atoms with Gasteiger partial charge in [0, 0.05) is 25.1 Å². The minimum Gasteiger partial charge on any atom is -0.494 e. The Labute approximate surface area is 261 Å². The lowest BCUT2D eigenvalue weighted by molar-refractivity contribution is -0.111. The Balaban J connectivity index is 1.14. The summed E-state index contributed by atoms with van der Waals surface area (Å²) in [5, 5.41) is 8.15. The predicted molar refractivity (Wildman–Crippen MR) is 171 cm³/mol. The van der Waals surface area contributed by atoms with E-state index in [0.717, 1.165) is 42.1 Å². The summed E-state index contributed by atoms with van der Waals surface area (Å²) in [6.45, 7) is 5.58. The first-order valence-corrected chi connectivity index (χ1v) is 15.0. The topological polar surface area (TPSA) is 110 Å². The van der Waals surface area contributed by atoms with Crippen LogP contribution in [0.15, 0.2) is 91.8 Å². The van der Waals surface area contributed by atoms with Gasteiger partial charge >= 0.3 is 0 Å². The second-order valence-corrected chi connectivity index (χ2v) is 11.1. The van der Waals surface area contributed by atoms with Crippen LogP contribution in [0.1, 0.15) is 24.4 Å². The average molecular weight is 607 g/mol. The molecule has 0 radical (unpaired) electrons. The Kier molecular flexibility index (Phi) is 7.93. The highest BCUT2D eigenvalue weighted by Gasteiger charge is 2.40. The highest BCUT2D eigenvalue weighted by Crippen LogP contribution is 2.43. The molecule has 0 aliphatic carbocycles. The Bertz CT molecular complexity index is 1700. The fourth-order valence-electron chi connectivity index (χ4n) is 6.13. The van der Waals surface area contributed by atoms with Gasteiger partial charge in [-0.2, -0.15) is 0 Å². The zero-order chi connectivity index (χ0) is 30.8. The van der Waals surface area contributed by atoms with Crippen LogP contribution < -0.4 is 30.1 Å². The number of aromatic nitrogens is 2. The maximum Gasteiger partial charge on any atom is 0.247 e. The predicted octanol–water partition coefficient (Wildman–Crippen LogP) is 6.01. The maximum absolute atomic E-state index is 12.4. The molecule has 2 bridgehead atoms. The van der Waals surface area contributed by atoms with Crippen LogP contribution >= 0.6 is 0 Å². The zero-order valence-electron chi connectivity index (χ0n) is 24.9. The summed E-state index contributed by atoms with van der Waals surface area (Å²) in [5.41, 5.74) is 3.20. The van der Waals surface area contributed by atoms with E-state index in [0.29, 0.717) is 42.0 Å². The molecule has 1 amide bonds. The lowest BCUT2D eigenvalue weighted by Crippen LogP contribution is -2.37. The van der Waals surface area contributed by atoms with Gasteiger partial charge in [0.1, 0.15) is 29.4 Å². The van der Waals surface area contributed by atoms with Crippen LogP contribution in [0.4, 0.5) is 28.7 Å². The van der Waals surface area contributed by atoms with Gasteiger partial charge < -0.3 is 29.7 Å². The maximum atomic E-state index is 12.4. The monoisotopic (exact) mass is 606 g/mol. The summed E-state index contributed by atoms with van der Waals surface area (Å²) in [7, 11) is 1.62. The SMILES string of the molecule is C=CC(=O)Nc1cc(Nc2cc(N3OCCC3c3cccc(Oc4ccccc4)c3)ncn2)c(OC)cc1N1C[C@@H]2C[C@H]1CO2. The van der Waals surface area contributed by atoms with Gasteiger partial charge in [-0.25, -0.2) is 15.0 Å². The quantitative estimate of drug-likeness (QED) is 0.208. The van der Waals surface area contributed by atoms with E-state index < -0.39 is 0 Å². The van der Waals surface area contributed by atoms with Crippen molar-refractivity contribution in [2.24, 2.45) is 0 Å². The first-order chi connectivity index (χ1) is 22.1. The molecule has 1 aromatic heterocycles. The molecule has 0 spiro atoms. The lowest BCUT2D eigenvalue weighted by atomic mass is 10.0. The molecule has 3 fully saturated rings. The van der Waals surface area contributed by atoms with Crippen LogP contribution in [-0.2, 0) is 14.4 Å². The number of nitrogens with zero attached hydrogens (tertiary/aromatic N) is 4. The van der Waals surface area contributed by atoms with Crippen molar-refractivity contribution in [1.29, 1.82) is 0 Å². The molecule has 4 aromatic rings. The first-order valence-electron chi connectivity index (χ1n) is 15.0. The number of nitrogens with one attached hydrogen (secondary N) is 2. The standard InChI is InChI=1S/C34H34N6O5/c1-3-34(41)38-27-16-28(31(42-2)17-30(27)39-19-26-15-23(39)20-43-26)37-32-18-33(36-21-35-32)40-29(12-13-44-40)22-8-7-11-25(14-22)45-24-9-5-4-6-10-24/h3-11,14,16-18,21,23,26,29H,1,12-13,15,19-20H2,2H3,(H,38,41)(H,35,36,37)/t23-,26-,29?/m0/s1. The van der Waals surface area contributed by atoms with E-state index in [2.05, 4.69) is 38.1 Å². The molecule has 230 valence electrons. The molecule has 45 heavy (non-hydrogen) atoms. The number of amides is 1. The number of hydrogen-bond donors (Lipinski definition) is 2. The molecule has 3 aliphatic rings. The van der Waals surface area contributed by atoms with Gasteiger partial charge in [-0.15, -0.1) is 0 Å². The van der Waals surface area contributed by atoms with Gasteiger partial charge in [0.25, 0.3) is 0 Å². The van der Waals surface area contributed by atoms with Crippen LogP contribution in [-0.4, -0.2) is 54.9 Å². The lowest BCUT2D eigenvalue weighted by Gasteiger charge is -2.31. The summed E-state index contributed by atoms with van der Waals surface area (Å²) in [6.07, 6.45) is 4.69. The third-order valence-electron chi connectivity index (χ3n) is 8.24. The molecular weight excluding hydrogens is 572 g/mol. The summed E-state index contributed by atoms with van der Waals surface area (Å²) in [5.74, 6) is 2.98. The zero-order valence-corrected chi connectivity index (χ0v) is 24.9. The molecule has 4 heterocycles. The molecule has 11 nitrogen and oxygen atoms in total. The molecule has 7 rings (SSSR count). The van der Waals surface area contributed by atoms with Crippen LogP contribution in [0.3, 0.4) is 0 Å². The number of para-hydroxylation sites is 1. The molecule has 3 atom stereocenters. The van der Waals surface area contributed by atoms with E-state index in [1.54, 1.807) is 7.11 Å².